The zero-order valence-electron chi connectivity index (χ0n) is 10.5. The van der Waals surface area contributed by atoms with Gasteiger partial charge in [-0.05, 0) is 24.7 Å². The maximum Gasteiger partial charge on any atom is 0.216 e. The van der Waals surface area contributed by atoms with Crippen LogP contribution in [0.1, 0.15) is 44.4 Å². The van der Waals surface area contributed by atoms with Gasteiger partial charge in [0.25, 0.3) is 0 Å². The smallest absolute Gasteiger partial charge is 0.216 e. The van der Waals surface area contributed by atoms with Gasteiger partial charge in [0.05, 0.1) is 18.9 Å². The van der Waals surface area contributed by atoms with Crippen LogP contribution in [0.5, 0.6) is 5.88 Å². The Kier molecular flexibility index (Phi) is 3.94. The van der Waals surface area contributed by atoms with E-state index in [-0.39, 0.29) is 0 Å². The molecule has 94 valence electrons. The van der Waals surface area contributed by atoms with Crippen LogP contribution in [0.4, 0.5) is 0 Å². The summed E-state index contributed by atoms with van der Waals surface area (Å²) in [4.78, 5) is 8.09. The highest BCUT2D eigenvalue weighted by atomic mass is 16.5. The number of methoxy groups -OCH3 is 1. The predicted octanol–water partition coefficient (Wildman–Crippen LogP) is 2.34. The second-order valence-electron chi connectivity index (χ2n) is 4.95. The van der Waals surface area contributed by atoms with Crippen molar-refractivity contribution in [2.45, 2.75) is 38.7 Å². The van der Waals surface area contributed by atoms with Crippen LogP contribution in [0.25, 0.3) is 0 Å². The number of rotatable bonds is 3. The van der Waals surface area contributed by atoms with Crippen LogP contribution in [-0.4, -0.2) is 22.2 Å². The number of nitrogens with zero attached hydrogens (tertiary/aromatic N) is 2. The normalized spacial score (nSPS) is 26.5. The minimum absolute atomic E-state index is 0.325. The van der Waals surface area contributed by atoms with Gasteiger partial charge in [0, 0.05) is 6.07 Å². The molecule has 0 radical (unpaired) electrons. The molecule has 1 N–H and O–H groups in total. The van der Waals surface area contributed by atoms with Gasteiger partial charge in [-0.15, -0.1) is 0 Å². The summed E-state index contributed by atoms with van der Waals surface area (Å²) in [6.07, 6.45) is 5.51. The lowest BCUT2D eigenvalue weighted by Crippen LogP contribution is -2.20. The van der Waals surface area contributed by atoms with Crippen LogP contribution in [-0.2, 0) is 0 Å². The van der Waals surface area contributed by atoms with E-state index in [1.54, 1.807) is 13.2 Å². The van der Waals surface area contributed by atoms with Crippen LogP contribution in [0, 0.1) is 11.8 Å². The average Bonchev–Trinajstić information content (AvgIpc) is 2.39. The monoisotopic (exact) mass is 236 g/mol. The molecule has 0 amide bonds. The van der Waals surface area contributed by atoms with Crippen LogP contribution < -0.4 is 4.74 Å². The zero-order valence-corrected chi connectivity index (χ0v) is 10.5. The molecule has 17 heavy (non-hydrogen) atoms. The second-order valence-corrected chi connectivity index (χ2v) is 4.95. The molecule has 1 aliphatic rings. The third-order valence-electron chi connectivity index (χ3n) is 3.68. The fourth-order valence-electron chi connectivity index (χ4n) is 2.47. The summed E-state index contributed by atoms with van der Waals surface area (Å²) in [5.74, 6) is 1.63. The van der Waals surface area contributed by atoms with Crippen molar-refractivity contribution in [1.82, 2.24) is 9.97 Å². The van der Waals surface area contributed by atoms with Gasteiger partial charge in [-0.2, -0.15) is 0 Å². The number of hydrogen-bond donors (Lipinski definition) is 1. The molecule has 0 bridgehead atoms. The molecule has 0 spiro atoms. The molecular weight excluding hydrogens is 216 g/mol. The molecule has 1 aromatic rings. The molecule has 0 aromatic carbocycles. The highest BCUT2D eigenvalue weighted by Gasteiger charge is 2.26. The maximum atomic E-state index is 10.3. The first-order chi connectivity index (χ1) is 8.20. The number of aliphatic hydroxyl groups excluding tert-OH is 1. The summed E-state index contributed by atoms with van der Waals surface area (Å²) >= 11 is 0. The molecule has 1 atom stereocenters. The lowest BCUT2D eigenvalue weighted by molar-refractivity contribution is 0.0717. The fraction of sp³-hybridized carbons (Fsp3) is 0.692. The Morgan fingerprint density at radius 1 is 1.29 bits per heavy atom. The van der Waals surface area contributed by atoms with Crippen molar-refractivity contribution in [3.05, 3.63) is 18.1 Å². The molecule has 1 heterocycles. The summed E-state index contributed by atoms with van der Waals surface area (Å²) in [7, 11) is 1.57. The van der Waals surface area contributed by atoms with E-state index in [2.05, 4.69) is 16.9 Å². The first kappa shape index (κ1) is 12.3. The number of ether oxygens (including phenoxy) is 1. The quantitative estimate of drug-likeness (QED) is 0.875. The van der Waals surface area contributed by atoms with Crippen LogP contribution in [0.15, 0.2) is 12.4 Å². The van der Waals surface area contributed by atoms with Crippen molar-refractivity contribution in [2.75, 3.05) is 7.11 Å². The van der Waals surface area contributed by atoms with Gasteiger partial charge in [0.15, 0.2) is 0 Å². The van der Waals surface area contributed by atoms with E-state index in [1.165, 1.54) is 19.2 Å². The van der Waals surface area contributed by atoms with E-state index in [0.717, 1.165) is 18.8 Å². The third-order valence-corrected chi connectivity index (χ3v) is 3.68. The molecular formula is C13H20N2O2. The molecule has 1 unspecified atom stereocenters. The van der Waals surface area contributed by atoms with Crippen LogP contribution in [0.2, 0.25) is 0 Å². The van der Waals surface area contributed by atoms with E-state index in [9.17, 15) is 5.11 Å². The average molecular weight is 236 g/mol. The van der Waals surface area contributed by atoms with E-state index in [4.69, 9.17) is 4.74 Å². The molecule has 4 nitrogen and oxygen atoms in total. The molecule has 4 heteroatoms. The first-order valence-corrected chi connectivity index (χ1v) is 6.24. The Hall–Kier alpha value is -1.16. The summed E-state index contributed by atoms with van der Waals surface area (Å²) in [6, 6.07) is 1.72. The molecule has 1 aromatic heterocycles. The van der Waals surface area contributed by atoms with Crippen molar-refractivity contribution in [3.63, 3.8) is 0 Å². The Morgan fingerprint density at radius 2 is 2.00 bits per heavy atom. The fourth-order valence-corrected chi connectivity index (χ4v) is 2.47. The van der Waals surface area contributed by atoms with Gasteiger partial charge in [-0.25, -0.2) is 9.97 Å². The van der Waals surface area contributed by atoms with Crippen molar-refractivity contribution < 1.29 is 9.84 Å². The second kappa shape index (κ2) is 5.45. The van der Waals surface area contributed by atoms with Crippen molar-refractivity contribution >= 4 is 0 Å². The Labute approximate surface area is 102 Å². The molecule has 1 aliphatic carbocycles. The lowest BCUT2D eigenvalue weighted by atomic mass is 9.79. The number of hydrogen-bond acceptors (Lipinski definition) is 4. The van der Waals surface area contributed by atoms with Crippen molar-refractivity contribution in [2.24, 2.45) is 11.8 Å². The van der Waals surface area contributed by atoms with Gasteiger partial charge in [-0.3, -0.25) is 0 Å². The maximum absolute atomic E-state index is 10.3. The lowest BCUT2D eigenvalue weighted by Gasteiger charge is -2.29. The van der Waals surface area contributed by atoms with Crippen molar-refractivity contribution in [3.8, 4) is 5.88 Å². The predicted molar refractivity (Wildman–Crippen MR) is 64.7 cm³/mol. The molecule has 1 saturated carbocycles. The van der Waals surface area contributed by atoms with Crippen molar-refractivity contribution in [1.29, 1.82) is 0 Å². The SMILES string of the molecule is COc1cc(C(O)C2CCC(C)CC2)ncn1. The van der Waals surface area contributed by atoms with Gasteiger partial charge < -0.3 is 9.84 Å². The zero-order chi connectivity index (χ0) is 12.3. The summed E-state index contributed by atoms with van der Waals surface area (Å²) in [5, 5.41) is 10.3. The minimum Gasteiger partial charge on any atom is -0.481 e. The first-order valence-electron chi connectivity index (χ1n) is 6.24. The van der Waals surface area contributed by atoms with Crippen LogP contribution in [0.3, 0.4) is 0 Å². The van der Waals surface area contributed by atoms with Gasteiger partial charge in [0.1, 0.15) is 6.33 Å². The Balaban J connectivity index is 2.05. The van der Waals surface area contributed by atoms with E-state index < -0.39 is 6.10 Å². The van der Waals surface area contributed by atoms with E-state index in [0.29, 0.717) is 17.5 Å². The summed E-state index contributed by atoms with van der Waals surface area (Å²) in [5.41, 5.74) is 0.677. The third kappa shape index (κ3) is 2.94. The van der Waals surface area contributed by atoms with E-state index >= 15 is 0 Å². The molecule has 0 aliphatic heterocycles. The topological polar surface area (TPSA) is 55.2 Å². The van der Waals surface area contributed by atoms with Gasteiger partial charge in [-0.1, -0.05) is 19.8 Å². The number of aromatic nitrogens is 2. The van der Waals surface area contributed by atoms with Gasteiger partial charge >= 0.3 is 0 Å². The summed E-state index contributed by atoms with van der Waals surface area (Å²) < 4.78 is 5.05. The number of aliphatic hydroxyl groups is 1. The van der Waals surface area contributed by atoms with Crippen LogP contribution >= 0.6 is 0 Å². The van der Waals surface area contributed by atoms with Gasteiger partial charge in [0.2, 0.25) is 5.88 Å². The highest BCUT2D eigenvalue weighted by Crippen LogP contribution is 2.36. The van der Waals surface area contributed by atoms with E-state index in [1.807, 2.05) is 0 Å². The Morgan fingerprint density at radius 3 is 2.65 bits per heavy atom. The molecule has 1 fully saturated rings. The Bertz CT molecular complexity index is 362. The molecule has 2 rings (SSSR count). The minimum atomic E-state index is -0.487. The standard InChI is InChI=1S/C13H20N2O2/c1-9-3-5-10(6-4-9)13(16)11-7-12(17-2)15-8-14-11/h7-10,13,16H,3-6H2,1-2H3. The molecule has 0 saturated heterocycles. The summed E-state index contributed by atoms with van der Waals surface area (Å²) in [6.45, 7) is 2.27. The largest absolute Gasteiger partial charge is 0.481 e. The highest BCUT2D eigenvalue weighted by molar-refractivity contribution is 5.16.